The van der Waals surface area contributed by atoms with Crippen molar-refractivity contribution in [1.29, 1.82) is 0 Å². The Morgan fingerprint density at radius 1 is 0.575 bits per heavy atom. The van der Waals surface area contributed by atoms with Crippen LogP contribution >= 0.6 is 0 Å². The molecule has 0 radical (unpaired) electrons. The van der Waals surface area contributed by atoms with Crippen molar-refractivity contribution >= 4 is 33.5 Å². The van der Waals surface area contributed by atoms with Crippen molar-refractivity contribution in [2.45, 2.75) is 65.6 Å². The zero-order valence-electron chi connectivity index (χ0n) is 24.1. The highest BCUT2D eigenvalue weighted by Gasteiger charge is 2.22. The largest absolute Gasteiger partial charge is 0.488 e. The van der Waals surface area contributed by atoms with E-state index in [0.717, 1.165) is 21.5 Å². The Bertz CT molecular complexity index is 1070. The van der Waals surface area contributed by atoms with Crippen molar-refractivity contribution in [2.24, 2.45) is 0 Å². The molecule has 8 nitrogen and oxygen atoms in total. The van der Waals surface area contributed by atoms with Gasteiger partial charge in [-0.05, 0) is 26.7 Å². The van der Waals surface area contributed by atoms with Crippen LogP contribution in [-0.2, 0) is 28.5 Å². The second-order valence-electron chi connectivity index (χ2n) is 9.41. The van der Waals surface area contributed by atoms with Crippen LogP contribution in [0, 0.1) is 0 Å². The van der Waals surface area contributed by atoms with Crippen molar-refractivity contribution in [3.63, 3.8) is 0 Å². The zero-order chi connectivity index (χ0) is 28.7. The first-order chi connectivity index (χ1) is 19.5. The van der Waals surface area contributed by atoms with E-state index in [1.807, 2.05) is 76.2 Å². The molecule has 3 rings (SSSR count). The number of esters is 2. The van der Waals surface area contributed by atoms with E-state index in [1.165, 1.54) is 0 Å². The lowest BCUT2D eigenvalue weighted by Gasteiger charge is -2.23. The van der Waals surface area contributed by atoms with E-state index < -0.39 is 12.2 Å². The molecule has 2 unspecified atom stereocenters. The molecule has 0 bridgehead atoms. The molecule has 8 heteroatoms. The number of carbonyl (C=O) groups excluding carboxylic acids is 2. The van der Waals surface area contributed by atoms with Gasteiger partial charge in [0, 0.05) is 47.6 Å². The Morgan fingerprint density at radius 2 is 0.925 bits per heavy atom. The summed E-state index contributed by atoms with van der Waals surface area (Å²) in [5, 5.41) is 3.43. The molecule has 0 aliphatic heterocycles. The van der Waals surface area contributed by atoms with Crippen LogP contribution in [0.2, 0.25) is 0 Å². The predicted molar refractivity (Wildman–Crippen MR) is 155 cm³/mol. The molecular weight excluding hydrogens is 512 g/mol. The van der Waals surface area contributed by atoms with E-state index >= 15 is 0 Å². The average molecular weight is 555 g/mol. The highest BCUT2D eigenvalue weighted by Crippen LogP contribution is 2.42. The normalized spacial score (nSPS) is 12.7. The van der Waals surface area contributed by atoms with Crippen LogP contribution < -0.4 is 9.47 Å². The summed E-state index contributed by atoms with van der Waals surface area (Å²) in [7, 11) is 0. The van der Waals surface area contributed by atoms with Gasteiger partial charge < -0.3 is 28.4 Å². The predicted octanol–water partition coefficient (Wildman–Crippen LogP) is 6.25. The molecule has 3 aromatic rings. The number of carbonyl (C=O) groups is 2. The van der Waals surface area contributed by atoms with Gasteiger partial charge in [-0.15, -0.1) is 0 Å². The highest BCUT2D eigenvalue weighted by atomic mass is 16.6. The molecule has 2 atom stereocenters. The lowest BCUT2D eigenvalue weighted by atomic mass is 10.0. The maximum atomic E-state index is 12.2. The Hall–Kier alpha value is -3.36. The molecule has 0 heterocycles. The van der Waals surface area contributed by atoms with Crippen LogP contribution in [0.25, 0.3) is 21.5 Å². The first-order valence-electron chi connectivity index (χ1n) is 14.3. The van der Waals surface area contributed by atoms with E-state index in [4.69, 9.17) is 28.4 Å². The monoisotopic (exact) mass is 554 g/mol. The minimum Gasteiger partial charge on any atom is -0.488 e. The second kappa shape index (κ2) is 16.7. The molecule has 0 fully saturated rings. The molecule has 0 aliphatic carbocycles. The highest BCUT2D eigenvalue weighted by molar-refractivity contribution is 6.11. The molecule has 0 saturated heterocycles. The SMILES string of the molecule is CCCC(=O)OC(COCC)COc1c2ccccc2c(OCC(COCC)OC(=O)CCC)c2ccccc12. The van der Waals surface area contributed by atoms with Crippen molar-refractivity contribution < 1.29 is 38.0 Å². The number of hydrogen-bond donors (Lipinski definition) is 0. The number of ether oxygens (including phenoxy) is 6. The molecule has 0 spiro atoms. The van der Waals surface area contributed by atoms with Crippen LogP contribution in [0.4, 0.5) is 0 Å². The van der Waals surface area contributed by atoms with Gasteiger partial charge in [0.2, 0.25) is 0 Å². The quantitative estimate of drug-likeness (QED) is 0.135. The summed E-state index contributed by atoms with van der Waals surface area (Å²) in [4.78, 5) is 24.4. The van der Waals surface area contributed by atoms with Crippen LogP contribution in [0.3, 0.4) is 0 Å². The number of fused-ring (bicyclic) bond motifs is 2. The fourth-order valence-electron chi connectivity index (χ4n) is 4.34. The molecular formula is C32H42O8. The van der Waals surface area contributed by atoms with Gasteiger partial charge in [-0.3, -0.25) is 9.59 Å². The van der Waals surface area contributed by atoms with Gasteiger partial charge in [0.25, 0.3) is 0 Å². The third kappa shape index (κ3) is 8.83. The maximum Gasteiger partial charge on any atom is 0.306 e. The number of benzene rings is 3. The molecule has 0 aromatic heterocycles. The molecule has 0 aliphatic rings. The molecule has 0 amide bonds. The van der Waals surface area contributed by atoms with Crippen molar-refractivity contribution in [3.8, 4) is 11.5 Å². The summed E-state index contributed by atoms with van der Waals surface area (Å²) in [5.41, 5.74) is 0. The lowest BCUT2D eigenvalue weighted by molar-refractivity contribution is -0.154. The third-order valence-electron chi connectivity index (χ3n) is 6.18. The van der Waals surface area contributed by atoms with Gasteiger partial charge in [-0.25, -0.2) is 0 Å². The minimum atomic E-state index is -0.537. The van der Waals surface area contributed by atoms with Crippen LogP contribution in [-0.4, -0.2) is 63.8 Å². The van der Waals surface area contributed by atoms with E-state index in [1.54, 1.807) is 0 Å². The van der Waals surface area contributed by atoms with Gasteiger partial charge in [-0.2, -0.15) is 0 Å². The first kappa shape index (κ1) is 31.2. The summed E-state index contributed by atoms with van der Waals surface area (Å²) in [6, 6.07) is 15.7. The smallest absolute Gasteiger partial charge is 0.306 e. The second-order valence-corrected chi connectivity index (χ2v) is 9.41. The molecule has 0 saturated carbocycles. The minimum absolute atomic E-state index is 0.146. The van der Waals surface area contributed by atoms with Gasteiger partial charge in [0.05, 0.1) is 13.2 Å². The van der Waals surface area contributed by atoms with Crippen molar-refractivity contribution in [3.05, 3.63) is 48.5 Å². The fourth-order valence-corrected chi connectivity index (χ4v) is 4.34. The summed E-state index contributed by atoms with van der Waals surface area (Å²) in [6.07, 6.45) is 1.04. The van der Waals surface area contributed by atoms with E-state index in [2.05, 4.69) is 0 Å². The summed E-state index contributed by atoms with van der Waals surface area (Å²) < 4.78 is 35.2. The van der Waals surface area contributed by atoms with Crippen LogP contribution in [0.5, 0.6) is 11.5 Å². The molecule has 3 aromatic carbocycles. The Kier molecular flexibility index (Phi) is 13.0. The summed E-state index contributed by atoms with van der Waals surface area (Å²) in [5.74, 6) is 0.810. The molecule has 218 valence electrons. The molecule has 0 N–H and O–H groups in total. The third-order valence-corrected chi connectivity index (χ3v) is 6.18. The van der Waals surface area contributed by atoms with Gasteiger partial charge in [0.15, 0.2) is 12.2 Å². The maximum absolute atomic E-state index is 12.2. The topological polar surface area (TPSA) is 89.5 Å². The van der Waals surface area contributed by atoms with E-state index in [-0.39, 0.29) is 38.4 Å². The van der Waals surface area contributed by atoms with Gasteiger partial charge >= 0.3 is 11.9 Å². The first-order valence-corrected chi connectivity index (χ1v) is 14.3. The molecule has 40 heavy (non-hydrogen) atoms. The Labute approximate surface area is 236 Å². The average Bonchev–Trinajstić information content (AvgIpc) is 2.96. The number of hydrogen-bond acceptors (Lipinski definition) is 8. The van der Waals surface area contributed by atoms with Gasteiger partial charge in [-0.1, -0.05) is 62.4 Å². The zero-order valence-corrected chi connectivity index (χ0v) is 24.1. The standard InChI is InChI=1S/C32H42O8/c1-5-13-29(33)39-23(19-35-7-3)21-37-31-25-15-9-11-17-27(25)32(28-18-12-10-16-26(28)31)38-22-24(20-36-8-4)40-30(34)14-6-2/h9-12,15-18,23-24H,5-8,13-14,19-22H2,1-4H3. The van der Waals surface area contributed by atoms with Gasteiger partial charge in [0.1, 0.15) is 24.7 Å². The lowest BCUT2D eigenvalue weighted by Crippen LogP contribution is -2.30. The van der Waals surface area contributed by atoms with Crippen LogP contribution in [0.15, 0.2) is 48.5 Å². The van der Waals surface area contributed by atoms with E-state index in [9.17, 15) is 9.59 Å². The fraction of sp³-hybridized carbons (Fsp3) is 0.500. The number of rotatable bonds is 18. The summed E-state index contributed by atoms with van der Waals surface area (Å²) in [6.45, 7) is 9.49. The Morgan fingerprint density at radius 3 is 1.23 bits per heavy atom. The van der Waals surface area contributed by atoms with Crippen LogP contribution in [0.1, 0.15) is 53.4 Å². The summed E-state index contributed by atoms with van der Waals surface area (Å²) >= 11 is 0. The van der Waals surface area contributed by atoms with Crippen molar-refractivity contribution in [2.75, 3.05) is 39.6 Å². The van der Waals surface area contributed by atoms with E-state index in [0.29, 0.717) is 50.4 Å². The van der Waals surface area contributed by atoms with Crippen molar-refractivity contribution in [1.82, 2.24) is 0 Å². The Balaban J connectivity index is 1.93.